The van der Waals surface area contributed by atoms with Crippen molar-refractivity contribution in [3.05, 3.63) is 29.0 Å². The van der Waals surface area contributed by atoms with E-state index in [0.717, 1.165) is 0 Å². The van der Waals surface area contributed by atoms with Crippen LogP contribution in [0, 0.1) is 11.8 Å². The second kappa shape index (κ2) is 6.78. The second-order valence-corrected chi connectivity index (χ2v) is 6.05. The fourth-order valence-corrected chi connectivity index (χ4v) is 3.00. The molecule has 10 heteroatoms. The Morgan fingerprint density at radius 3 is 2.08 bits per heavy atom. The maximum Gasteiger partial charge on any atom is 0.391 e. The van der Waals surface area contributed by atoms with Crippen molar-refractivity contribution < 1.29 is 31.1 Å². The zero-order valence-corrected chi connectivity index (χ0v) is 12.8. The van der Waals surface area contributed by atoms with E-state index in [9.17, 15) is 31.1 Å². The summed E-state index contributed by atoms with van der Waals surface area (Å²) in [4.78, 5) is 15.7. The van der Waals surface area contributed by atoms with E-state index < -0.39 is 55.4 Å². The van der Waals surface area contributed by atoms with Gasteiger partial charge in [-0.3, -0.25) is 4.79 Å². The summed E-state index contributed by atoms with van der Waals surface area (Å²) in [7, 11) is 0. The number of alkyl halides is 6. The Kier molecular flexibility index (Phi) is 5.31. The highest BCUT2D eigenvalue weighted by atomic mass is 35.5. The summed E-state index contributed by atoms with van der Waals surface area (Å²) in [6.07, 6.45) is -10.4. The van der Waals surface area contributed by atoms with Gasteiger partial charge in [0.25, 0.3) is 5.91 Å². The van der Waals surface area contributed by atoms with Gasteiger partial charge in [0, 0.05) is 12.2 Å². The van der Waals surface area contributed by atoms with Gasteiger partial charge in [0.05, 0.1) is 17.4 Å². The van der Waals surface area contributed by atoms with Crippen molar-refractivity contribution in [1.29, 1.82) is 0 Å². The van der Waals surface area contributed by atoms with Crippen LogP contribution in [0.15, 0.2) is 18.3 Å². The second-order valence-electron chi connectivity index (χ2n) is 5.70. The van der Waals surface area contributed by atoms with Crippen molar-refractivity contribution in [2.75, 3.05) is 0 Å². The normalized spacial score (nSPS) is 25.4. The van der Waals surface area contributed by atoms with Crippen LogP contribution in [0.1, 0.15) is 29.6 Å². The summed E-state index contributed by atoms with van der Waals surface area (Å²) in [5, 5.41) is 2.04. The number of carbonyl (C=O) groups is 1. The molecule has 1 aromatic heterocycles. The predicted molar refractivity (Wildman–Crippen MR) is 73.4 cm³/mol. The highest BCUT2D eigenvalue weighted by Gasteiger charge is 2.52. The van der Waals surface area contributed by atoms with Crippen molar-refractivity contribution in [3.8, 4) is 0 Å². The molecule has 24 heavy (non-hydrogen) atoms. The average molecular weight is 375 g/mol. The lowest BCUT2D eigenvalue weighted by Crippen LogP contribution is -2.47. The molecule has 1 amide bonds. The molecule has 1 aliphatic rings. The highest BCUT2D eigenvalue weighted by Crippen LogP contribution is 2.45. The minimum Gasteiger partial charge on any atom is -0.349 e. The Morgan fingerprint density at radius 2 is 1.62 bits per heavy atom. The van der Waals surface area contributed by atoms with E-state index >= 15 is 0 Å². The van der Waals surface area contributed by atoms with E-state index in [1.807, 2.05) is 0 Å². The summed E-state index contributed by atoms with van der Waals surface area (Å²) in [5.41, 5.74) is -0.100. The summed E-state index contributed by atoms with van der Waals surface area (Å²) >= 11 is 5.71. The van der Waals surface area contributed by atoms with Crippen molar-refractivity contribution in [2.45, 2.75) is 37.7 Å². The summed E-state index contributed by atoms with van der Waals surface area (Å²) < 4.78 is 77.3. The quantitative estimate of drug-likeness (QED) is 0.617. The van der Waals surface area contributed by atoms with Gasteiger partial charge < -0.3 is 5.32 Å². The molecule has 2 unspecified atom stereocenters. The van der Waals surface area contributed by atoms with Crippen LogP contribution in [-0.2, 0) is 0 Å². The molecule has 1 saturated carbocycles. The zero-order valence-electron chi connectivity index (χ0n) is 12.1. The molecule has 0 aromatic carbocycles. The third-order valence-electron chi connectivity index (χ3n) is 3.97. The van der Waals surface area contributed by atoms with Crippen LogP contribution >= 0.6 is 11.6 Å². The standard InChI is InChI=1S/C14H13ClF6N2O/c15-11-10(2-1-3-22-11)12(24)23-9-5-7(13(16,17)18)4-8(6-9)14(19,20)21/h1-3,7-9H,4-6H2,(H,23,24). The number of halogens is 7. The Hall–Kier alpha value is -1.51. The fourth-order valence-electron chi connectivity index (χ4n) is 2.79. The molecule has 0 spiro atoms. The number of nitrogens with one attached hydrogen (secondary N) is 1. The van der Waals surface area contributed by atoms with Crippen LogP contribution in [-0.4, -0.2) is 29.3 Å². The number of rotatable bonds is 2. The largest absolute Gasteiger partial charge is 0.391 e. The lowest BCUT2D eigenvalue weighted by Gasteiger charge is -2.37. The topological polar surface area (TPSA) is 42.0 Å². The Morgan fingerprint density at radius 1 is 1.08 bits per heavy atom. The van der Waals surface area contributed by atoms with Gasteiger partial charge in [-0.15, -0.1) is 0 Å². The molecule has 1 aliphatic carbocycles. The third-order valence-corrected chi connectivity index (χ3v) is 4.27. The predicted octanol–water partition coefficient (Wildman–Crippen LogP) is 4.37. The minimum absolute atomic E-state index is 0.100. The van der Waals surface area contributed by atoms with Crippen molar-refractivity contribution >= 4 is 17.5 Å². The molecule has 1 heterocycles. The molecule has 3 nitrogen and oxygen atoms in total. The number of hydrogen-bond acceptors (Lipinski definition) is 2. The maximum atomic E-state index is 12.9. The van der Waals surface area contributed by atoms with Gasteiger partial charge in [-0.1, -0.05) is 11.6 Å². The summed E-state index contributed by atoms with van der Waals surface area (Å²) in [5.74, 6) is -5.08. The smallest absolute Gasteiger partial charge is 0.349 e. The van der Waals surface area contributed by atoms with Gasteiger partial charge in [-0.2, -0.15) is 26.3 Å². The van der Waals surface area contributed by atoms with Crippen LogP contribution in [0.2, 0.25) is 5.15 Å². The van der Waals surface area contributed by atoms with Crippen LogP contribution in [0.4, 0.5) is 26.3 Å². The molecule has 1 fully saturated rings. The van der Waals surface area contributed by atoms with Gasteiger partial charge in [-0.05, 0) is 31.4 Å². The first-order chi connectivity index (χ1) is 11.0. The van der Waals surface area contributed by atoms with Gasteiger partial charge >= 0.3 is 12.4 Å². The van der Waals surface area contributed by atoms with Gasteiger partial charge in [0.1, 0.15) is 5.15 Å². The van der Waals surface area contributed by atoms with E-state index in [1.165, 1.54) is 18.3 Å². The third kappa shape index (κ3) is 4.52. The average Bonchev–Trinajstić information content (AvgIpc) is 2.45. The van der Waals surface area contributed by atoms with E-state index in [2.05, 4.69) is 10.3 Å². The molecule has 1 aromatic rings. The Balaban J connectivity index is 2.16. The minimum atomic E-state index is -4.75. The van der Waals surface area contributed by atoms with Crippen LogP contribution in [0.25, 0.3) is 0 Å². The number of nitrogens with zero attached hydrogens (tertiary/aromatic N) is 1. The molecule has 0 radical (unpaired) electrons. The van der Waals surface area contributed by atoms with Gasteiger partial charge in [0.15, 0.2) is 0 Å². The number of pyridine rings is 1. The number of aromatic nitrogens is 1. The molecular weight excluding hydrogens is 362 g/mol. The molecule has 2 atom stereocenters. The Labute approximate surface area is 138 Å². The first kappa shape index (κ1) is 18.8. The van der Waals surface area contributed by atoms with Crippen molar-refractivity contribution in [2.24, 2.45) is 11.8 Å². The molecule has 2 rings (SSSR count). The molecule has 0 aliphatic heterocycles. The summed E-state index contributed by atoms with van der Waals surface area (Å²) in [6, 6.07) is 1.43. The lowest BCUT2D eigenvalue weighted by molar-refractivity contribution is -0.225. The highest BCUT2D eigenvalue weighted by molar-refractivity contribution is 6.32. The van der Waals surface area contributed by atoms with Gasteiger partial charge in [-0.25, -0.2) is 4.98 Å². The monoisotopic (exact) mass is 374 g/mol. The molecule has 1 N–H and O–H groups in total. The van der Waals surface area contributed by atoms with E-state index in [4.69, 9.17) is 11.6 Å². The van der Waals surface area contributed by atoms with Crippen LogP contribution < -0.4 is 5.32 Å². The summed E-state index contributed by atoms with van der Waals surface area (Å²) in [6.45, 7) is 0. The fraction of sp³-hybridized carbons (Fsp3) is 0.571. The Bertz CT molecular complexity index is 582. The van der Waals surface area contributed by atoms with E-state index in [-0.39, 0.29) is 10.7 Å². The lowest BCUT2D eigenvalue weighted by atomic mass is 9.77. The zero-order chi connectivity index (χ0) is 18.1. The SMILES string of the molecule is O=C(NC1CC(C(F)(F)F)CC(C(F)(F)F)C1)c1cccnc1Cl. The molecule has 0 bridgehead atoms. The number of carbonyl (C=O) groups excluding carboxylic acids is 1. The molecule has 134 valence electrons. The van der Waals surface area contributed by atoms with Crippen LogP contribution in [0.3, 0.4) is 0 Å². The van der Waals surface area contributed by atoms with E-state index in [0.29, 0.717) is 0 Å². The maximum absolute atomic E-state index is 12.9. The van der Waals surface area contributed by atoms with Crippen molar-refractivity contribution in [1.82, 2.24) is 10.3 Å². The van der Waals surface area contributed by atoms with Crippen LogP contribution in [0.5, 0.6) is 0 Å². The molecular formula is C14H13ClF6N2O. The number of amides is 1. The molecule has 0 saturated heterocycles. The van der Waals surface area contributed by atoms with Gasteiger partial charge in [0.2, 0.25) is 0 Å². The first-order valence-corrected chi connectivity index (χ1v) is 7.41. The van der Waals surface area contributed by atoms with Crippen molar-refractivity contribution in [3.63, 3.8) is 0 Å². The first-order valence-electron chi connectivity index (χ1n) is 7.03. The number of hydrogen-bond donors (Lipinski definition) is 1. The van der Waals surface area contributed by atoms with E-state index in [1.54, 1.807) is 0 Å².